The third-order valence-corrected chi connectivity index (χ3v) is 4.30. The number of carboxylic acids is 1. The van der Waals surface area contributed by atoms with Crippen LogP contribution in [0.2, 0.25) is 0 Å². The van der Waals surface area contributed by atoms with Gasteiger partial charge in [0, 0.05) is 11.4 Å². The van der Waals surface area contributed by atoms with Gasteiger partial charge in [-0.1, -0.05) is 36.4 Å². The number of nitrogens with zero attached hydrogens (tertiary/aromatic N) is 1. The van der Waals surface area contributed by atoms with E-state index >= 15 is 0 Å². The van der Waals surface area contributed by atoms with Gasteiger partial charge in [-0.05, 0) is 55.7 Å². The monoisotopic (exact) mass is 305 g/mol. The summed E-state index contributed by atoms with van der Waals surface area (Å²) in [5, 5.41) is 9.48. The second-order valence-corrected chi connectivity index (χ2v) is 5.80. The fraction of sp³-hybridized carbons (Fsp3) is 0.150. The molecule has 0 saturated heterocycles. The number of aromatic carboxylic acids is 1. The van der Waals surface area contributed by atoms with E-state index in [9.17, 15) is 9.90 Å². The van der Waals surface area contributed by atoms with Crippen molar-refractivity contribution in [1.82, 2.24) is 4.57 Å². The topological polar surface area (TPSA) is 42.2 Å². The van der Waals surface area contributed by atoms with Gasteiger partial charge in [0.2, 0.25) is 0 Å². The van der Waals surface area contributed by atoms with Gasteiger partial charge in [0.15, 0.2) is 0 Å². The summed E-state index contributed by atoms with van der Waals surface area (Å²) >= 11 is 0. The molecule has 3 nitrogen and oxygen atoms in total. The zero-order valence-electron chi connectivity index (χ0n) is 13.5. The molecule has 0 aliphatic carbocycles. The van der Waals surface area contributed by atoms with Crippen molar-refractivity contribution in [3.8, 4) is 16.9 Å². The van der Waals surface area contributed by atoms with Gasteiger partial charge >= 0.3 is 5.97 Å². The fourth-order valence-electron chi connectivity index (χ4n) is 2.84. The number of aromatic nitrogens is 1. The van der Waals surface area contributed by atoms with Crippen LogP contribution in [0.5, 0.6) is 0 Å². The van der Waals surface area contributed by atoms with Crippen LogP contribution in [0.25, 0.3) is 16.9 Å². The van der Waals surface area contributed by atoms with Crippen LogP contribution < -0.4 is 0 Å². The van der Waals surface area contributed by atoms with Crippen molar-refractivity contribution in [2.45, 2.75) is 20.8 Å². The minimum Gasteiger partial charge on any atom is -0.478 e. The molecule has 0 amide bonds. The van der Waals surface area contributed by atoms with E-state index in [1.54, 1.807) is 6.07 Å². The zero-order valence-corrected chi connectivity index (χ0v) is 13.5. The first-order chi connectivity index (χ1) is 11.0. The maximum atomic E-state index is 11.6. The van der Waals surface area contributed by atoms with Crippen molar-refractivity contribution >= 4 is 5.97 Å². The highest BCUT2D eigenvalue weighted by Crippen LogP contribution is 2.30. The molecule has 1 aromatic heterocycles. The molecule has 1 N–H and O–H groups in total. The second-order valence-electron chi connectivity index (χ2n) is 5.80. The molecule has 0 aliphatic rings. The van der Waals surface area contributed by atoms with Crippen molar-refractivity contribution in [2.75, 3.05) is 0 Å². The van der Waals surface area contributed by atoms with Crippen molar-refractivity contribution in [3.05, 3.63) is 77.0 Å². The highest BCUT2D eigenvalue weighted by Gasteiger charge is 2.19. The van der Waals surface area contributed by atoms with E-state index < -0.39 is 5.97 Å². The Morgan fingerprint density at radius 1 is 0.913 bits per heavy atom. The van der Waals surface area contributed by atoms with E-state index in [0.717, 1.165) is 22.6 Å². The highest BCUT2D eigenvalue weighted by atomic mass is 16.4. The maximum Gasteiger partial charge on any atom is 0.337 e. The van der Waals surface area contributed by atoms with Gasteiger partial charge in [0.25, 0.3) is 0 Å². The summed E-state index contributed by atoms with van der Waals surface area (Å²) < 4.78 is 2.02. The van der Waals surface area contributed by atoms with Crippen molar-refractivity contribution in [3.63, 3.8) is 0 Å². The third-order valence-electron chi connectivity index (χ3n) is 4.30. The minimum atomic E-state index is -0.901. The van der Waals surface area contributed by atoms with Gasteiger partial charge in [-0.3, -0.25) is 0 Å². The van der Waals surface area contributed by atoms with E-state index in [2.05, 4.69) is 26.0 Å². The Bertz CT molecular complexity index is 876. The Morgan fingerprint density at radius 2 is 1.61 bits per heavy atom. The summed E-state index contributed by atoms with van der Waals surface area (Å²) in [4.78, 5) is 11.6. The average molecular weight is 305 g/mol. The molecular formula is C20H19NO2. The summed E-state index contributed by atoms with van der Waals surface area (Å²) in [6.45, 7) is 5.99. The van der Waals surface area contributed by atoms with Gasteiger partial charge in [-0.25, -0.2) is 4.79 Å². The van der Waals surface area contributed by atoms with Crippen LogP contribution in [-0.4, -0.2) is 15.6 Å². The van der Waals surface area contributed by atoms with Crippen LogP contribution in [0.4, 0.5) is 0 Å². The van der Waals surface area contributed by atoms with Gasteiger partial charge in [-0.15, -0.1) is 0 Å². The Hall–Kier alpha value is -2.81. The summed E-state index contributed by atoms with van der Waals surface area (Å²) in [5.74, 6) is -0.901. The minimum absolute atomic E-state index is 0.335. The van der Waals surface area contributed by atoms with E-state index in [4.69, 9.17) is 0 Å². The smallest absolute Gasteiger partial charge is 0.337 e. The van der Waals surface area contributed by atoms with Crippen molar-refractivity contribution in [1.29, 1.82) is 0 Å². The molecule has 116 valence electrons. The second kappa shape index (κ2) is 5.76. The number of hydrogen-bond donors (Lipinski definition) is 1. The first-order valence-corrected chi connectivity index (χ1v) is 7.57. The fourth-order valence-corrected chi connectivity index (χ4v) is 2.84. The molecule has 0 bridgehead atoms. The molecule has 0 radical (unpaired) electrons. The molecule has 3 aromatic rings. The van der Waals surface area contributed by atoms with Crippen LogP contribution in [0, 0.1) is 20.8 Å². The largest absolute Gasteiger partial charge is 0.478 e. The van der Waals surface area contributed by atoms with Crippen molar-refractivity contribution < 1.29 is 9.90 Å². The lowest BCUT2D eigenvalue weighted by atomic mass is 10.1. The van der Waals surface area contributed by atoms with Crippen LogP contribution >= 0.6 is 0 Å². The number of rotatable bonds is 3. The van der Waals surface area contributed by atoms with Gasteiger partial charge in [0.05, 0.1) is 11.3 Å². The number of aryl methyl sites for hydroxylation is 2. The molecule has 23 heavy (non-hydrogen) atoms. The molecular weight excluding hydrogens is 286 g/mol. The number of benzene rings is 2. The Kier molecular flexibility index (Phi) is 3.78. The van der Waals surface area contributed by atoms with E-state index in [0.29, 0.717) is 5.56 Å². The molecule has 0 aliphatic heterocycles. The standard InChI is InChI=1S/C20H19NO2/c1-13-9-10-17(11-14(13)2)21-15(3)18(20(22)23)12-19(21)16-7-5-4-6-8-16/h4-12H,1-3H3,(H,22,23). The molecule has 3 rings (SSSR count). The van der Waals surface area contributed by atoms with Crippen LogP contribution in [-0.2, 0) is 0 Å². The van der Waals surface area contributed by atoms with Gasteiger partial charge in [-0.2, -0.15) is 0 Å². The highest BCUT2D eigenvalue weighted by molar-refractivity contribution is 5.91. The average Bonchev–Trinajstić information content (AvgIpc) is 2.89. The molecule has 2 aromatic carbocycles. The Balaban J connectivity index is 2.29. The summed E-state index contributed by atoms with van der Waals surface area (Å²) in [6, 6.07) is 17.8. The Morgan fingerprint density at radius 3 is 2.22 bits per heavy atom. The molecule has 0 saturated carbocycles. The predicted octanol–water partition coefficient (Wildman–Crippen LogP) is 4.77. The summed E-state index contributed by atoms with van der Waals surface area (Å²) in [7, 11) is 0. The first-order valence-electron chi connectivity index (χ1n) is 7.57. The van der Waals surface area contributed by atoms with Gasteiger partial charge < -0.3 is 9.67 Å². The predicted molar refractivity (Wildman–Crippen MR) is 92.4 cm³/mol. The van der Waals surface area contributed by atoms with E-state index in [-0.39, 0.29) is 0 Å². The molecule has 0 unspecified atom stereocenters. The SMILES string of the molecule is Cc1ccc(-n2c(-c3ccccc3)cc(C(=O)O)c2C)cc1C. The number of carboxylic acid groups (broad SMARTS) is 1. The molecule has 0 fully saturated rings. The lowest BCUT2D eigenvalue weighted by Gasteiger charge is -2.14. The molecule has 1 heterocycles. The molecule has 3 heteroatoms. The van der Waals surface area contributed by atoms with E-state index in [1.807, 2.05) is 47.9 Å². The third kappa shape index (κ3) is 2.66. The summed E-state index contributed by atoms with van der Waals surface area (Å²) in [6.07, 6.45) is 0. The van der Waals surface area contributed by atoms with Crippen molar-refractivity contribution in [2.24, 2.45) is 0 Å². The van der Waals surface area contributed by atoms with Crippen LogP contribution in [0.1, 0.15) is 27.2 Å². The van der Waals surface area contributed by atoms with Crippen LogP contribution in [0.15, 0.2) is 54.6 Å². The summed E-state index contributed by atoms with van der Waals surface area (Å²) in [5.41, 5.74) is 6.36. The molecule has 0 spiro atoms. The van der Waals surface area contributed by atoms with Gasteiger partial charge in [0.1, 0.15) is 0 Å². The number of hydrogen-bond acceptors (Lipinski definition) is 1. The quantitative estimate of drug-likeness (QED) is 0.757. The Labute approximate surface area is 135 Å². The number of carbonyl (C=O) groups is 1. The lowest BCUT2D eigenvalue weighted by molar-refractivity contribution is 0.0696. The lowest BCUT2D eigenvalue weighted by Crippen LogP contribution is -2.03. The van der Waals surface area contributed by atoms with Crippen LogP contribution in [0.3, 0.4) is 0 Å². The molecule has 0 atom stereocenters. The zero-order chi connectivity index (χ0) is 16.6. The van der Waals surface area contributed by atoms with E-state index in [1.165, 1.54) is 11.1 Å². The normalized spacial score (nSPS) is 10.7. The first kappa shape index (κ1) is 15.1. The maximum absolute atomic E-state index is 11.6.